The van der Waals surface area contributed by atoms with Crippen molar-refractivity contribution in [3.63, 3.8) is 0 Å². The Morgan fingerprint density at radius 2 is 2.12 bits per heavy atom. The van der Waals surface area contributed by atoms with Crippen molar-refractivity contribution >= 4 is 23.1 Å². The van der Waals surface area contributed by atoms with Crippen LogP contribution in [0.15, 0.2) is 36.5 Å². The van der Waals surface area contributed by atoms with Gasteiger partial charge in [-0.15, -0.1) is 0 Å². The summed E-state index contributed by atoms with van der Waals surface area (Å²) in [4.78, 5) is 4.29. The number of aromatic nitrogens is 1. The Bertz CT molecular complexity index is 792. The Balaban J connectivity index is 1.80. The summed E-state index contributed by atoms with van der Waals surface area (Å²) >= 11 is 5.49. The molecule has 0 aliphatic carbocycles. The van der Waals surface area contributed by atoms with Gasteiger partial charge in [0.05, 0.1) is 13.2 Å². The van der Waals surface area contributed by atoms with Crippen molar-refractivity contribution in [1.29, 1.82) is 0 Å². The SMILES string of the molecule is COc1ccc2c(c1)[C@@H](NC(=S)Nc1cc(C)ccn1)CC(C)(C)O2. The van der Waals surface area contributed by atoms with E-state index in [0.717, 1.165) is 34.9 Å². The third-order valence-corrected chi connectivity index (χ3v) is 4.36. The number of ether oxygens (including phenoxy) is 2. The van der Waals surface area contributed by atoms with Gasteiger partial charge in [-0.2, -0.15) is 0 Å². The van der Waals surface area contributed by atoms with Crippen molar-refractivity contribution < 1.29 is 9.47 Å². The number of anilines is 1. The van der Waals surface area contributed by atoms with Crippen molar-refractivity contribution in [1.82, 2.24) is 10.3 Å². The van der Waals surface area contributed by atoms with Gasteiger partial charge < -0.3 is 20.1 Å². The molecule has 0 bridgehead atoms. The van der Waals surface area contributed by atoms with Crippen LogP contribution in [0.2, 0.25) is 0 Å². The second-order valence-electron chi connectivity index (χ2n) is 6.84. The number of thiocarbonyl (C=S) groups is 1. The van der Waals surface area contributed by atoms with Crippen LogP contribution in [0.25, 0.3) is 0 Å². The first kappa shape index (κ1) is 17.5. The molecule has 2 N–H and O–H groups in total. The molecule has 0 radical (unpaired) electrons. The van der Waals surface area contributed by atoms with Gasteiger partial charge in [0, 0.05) is 18.2 Å². The highest BCUT2D eigenvalue weighted by atomic mass is 32.1. The Labute approximate surface area is 153 Å². The lowest BCUT2D eigenvalue weighted by Crippen LogP contribution is -2.42. The first-order valence-electron chi connectivity index (χ1n) is 8.23. The molecular formula is C19H23N3O2S. The zero-order valence-corrected chi connectivity index (χ0v) is 15.7. The van der Waals surface area contributed by atoms with Gasteiger partial charge in [-0.1, -0.05) is 0 Å². The predicted molar refractivity (Wildman–Crippen MR) is 103 cm³/mol. The molecule has 0 fully saturated rings. The maximum atomic E-state index is 6.09. The molecule has 0 amide bonds. The summed E-state index contributed by atoms with van der Waals surface area (Å²) in [5, 5.41) is 7.09. The highest BCUT2D eigenvalue weighted by Gasteiger charge is 2.34. The number of pyridine rings is 1. The molecule has 5 nitrogen and oxygen atoms in total. The van der Waals surface area contributed by atoms with E-state index in [4.69, 9.17) is 21.7 Å². The lowest BCUT2D eigenvalue weighted by Gasteiger charge is -2.38. The average Bonchev–Trinajstić information content (AvgIpc) is 2.53. The number of fused-ring (bicyclic) bond motifs is 1. The molecule has 1 aliphatic heterocycles. The van der Waals surface area contributed by atoms with Gasteiger partial charge in [0.1, 0.15) is 22.9 Å². The molecule has 2 aromatic rings. The largest absolute Gasteiger partial charge is 0.497 e. The molecule has 0 spiro atoms. The molecule has 0 saturated carbocycles. The number of hydrogen-bond donors (Lipinski definition) is 2. The lowest BCUT2D eigenvalue weighted by atomic mass is 9.89. The highest BCUT2D eigenvalue weighted by molar-refractivity contribution is 7.80. The van der Waals surface area contributed by atoms with Crippen LogP contribution in [0, 0.1) is 6.92 Å². The van der Waals surface area contributed by atoms with E-state index < -0.39 is 0 Å². The normalized spacial score (nSPS) is 17.8. The Kier molecular flexibility index (Phi) is 4.81. The molecule has 1 aromatic heterocycles. The second-order valence-corrected chi connectivity index (χ2v) is 7.25. The summed E-state index contributed by atoms with van der Waals surface area (Å²) in [6.45, 7) is 6.17. The number of rotatable bonds is 3. The van der Waals surface area contributed by atoms with Gasteiger partial charge >= 0.3 is 0 Å². The maximum absolute atomic E-state index is 6.09. The first-order valence-corrected chi connectivity index (χ1v) is 8.64. The Morgan fingerprint density at radius 3 is 2.84 bits per heavy atom. The number of benzene rings is 1. The van der Waals surface area contributed by atoms with Crippen LogP contribution in [0.5, 0.6) is 11.5 Å². The average molecular weight is 357 g/mol. The molecule has 25 heavy (non-hydrogen) atoms. The van der Waals surface area contributed by atoms with E-state index in [1.165, 1.54) is 0 Å². The fraction of sp³-hybridized carbons (Fsp3) is 0.368. The second kappa shape index (κ2) is 6.88. The van der Waals surface area contributed by atoms with Crippen LogP contribution in [0.4, 0.5) is 5.82 Å². The first-order chi connectivity index (χ1) is 11.9. The van der Waals surface area contributed by atoms with Gasteiger partial charge in [0.25, 0.3) is 0 Å². The van der Waals surface area contributed by atoms with Gasteiger partial charge in [-0.25, -0.2) is 4.98 Å². The van der Waals surface area contributed by atoms with E-state index in [1.54, 1.807) is 13.3 Å². The number of nitrogens with one attached hydrogen (secondary N) is 2. The molecule has 3 rings (SSSR count). The summed E-state index contributed by atoms with van der Waals surface area (Å²) in [6, 6.07) is 9.78. The number of hydrogen-bond acceptors (Lipinski definition) is 4. The van der Waals surface area contributed by atoms with Gasteiger partial charge in [-0.05, 0) is 68.9 Å². The zero-order chi connectivity index (χ0) is 18.0. The fourth-order valence-electron chi connectivity index (χ4n) is 3.00. The zero-order valence-electron chi connectivity index (χ0n) is 14.9. The van der Waals surface area contributed by atoms with Crippen LogP contribution in [0.3, 0.4) is 0 Å². The van der Waals surface area contributed by atoms with E-state index in [9.17, 15) is 0 Å². The summed E-state index contributed by atoms with van der Waals surface area (Å²) in [7, 11) is 1.66. The fourth-order valence-corrected chi connectivity index (χ4v) is 3.25. The van der Waals surface area contributed by atoms with Crippen molar-refractivity contribution in [2.24, 2.45) is 0 Å². The van der Waals surface area contributed by atoms with Crippen LogP contribution in [-0.2, 0) is 0 Å². The van der Waals surface area contributed by atoms with Crippen molar-refractivity contribution in [3.8, 4) is 11.5 Å². The Hall–Kier alpha value is -2.34. The van der Waals surface area contributed by atoms with E-state index in [2.05, 4.69) is 29.5 Å². The number of methoxy groups -OCH3 is 1. The van der Waals surface area contributed by atoms with Crippen molar-refractivity contribution in [2.45, 2.75) is 38.8 Å². The van der Waals surface area contributed by atoms with Crippen LogP contribution >= 0.6 is 12.2 Å². The van der Waals surface area contributed by atoms with E-state index in [1.807, 2.05) is 37.3 Å². The van der Waals surface area contributed by atoms with E-state index in [0.29, 0.717) is 5.11 Å². The minimum absolute atomic E-state index is 0.0265. The molecule has 6 heteroatoms. The van der Waals surface area contributed by atoms with Crippen LogP contribution in [-0.4, -0.2) is 22.8 Å². The van der Waals surface area contributed by atoms with E-state index in [-0.39, 0.29) is 11.6 Å². The van der Waals surface area contributed by atoms with Gasteiger partial charge in [0.15, 0.2) is 5.11 Å². The minimum Gasteiger partial charge on any atom is -0.497 e. The monoisotopic (exact) mass is 357 g/mol. The minimum atomic E-state index is -0.281. The summed E-state index contributed by atoms with van der Waals surface area (Å²) < 4.78 is 11.4. The standard InChI is InChI=1S/C19H23N3O2S/c1-12-7-8-20-17(9-12)22-18(25)21-15-11-19(2,3)24-16-6-5-13(23-4)10-14(15)16/h5-10,15H,11H2,1-4H3,(H2,20,21,22,25)/t15-/m0/s1. The van der Waals surface area contributed by atoms with Gasteiger partial charge in [0.2, 0.25) is 0 Å². The van der Waals surface area contributed by atoms with Gasteiger partial charge in [-0.3, -0.25) is 0 Å². The molecule has 0 saturated heterocycles. The maximum Gasteiger partial charge on any atom is 0.172 e. The van der Waals surface area contributed by atoms with Crippen molar-refractivity contribution in [3.05, 3.63) is 47.7 Å². The third kappa shape index (κ3) is 4.20. The van der Waals surface area contributed by atoms with Crippen LogP contribution < -0.4 is 20.1 Å². The summed E-state index contributed by atoms with van der Waals surface area (Å²) in [5.74, 6) is 2.38. The Morgan fingerprint density at radius 1 is 1.32 bits per heavy atom. The topological polar surface area (TPSA) is 55.4 Å². The molecule has 1 aliphatic rings. The molecule has 1 aromatic carbocycles. The predicted octanol–water partition coefficient (Wildman–Crippen LogP) is 3.99. The molecule has 1 atom stereocenters. The smallest absolute Gasteiger partial charge is 0.172 e. The molecule has 0 unspecified atom stereocenters. The third-order valence-electron chi connectivity index (χ3n) is 4.14. The molecule has 132 valence electrons. The number of aryl methyl sites for hydroxylation is 1. The molecule has 2 heterocycles. The van der Waals surface area contributed by atoms with Crippen molar-refractivity contribution in [2.75, 3.05) is 12.4 Å². The highest BCUT2D eigenvalue weighted by Crippen LogP contribution is 2.41. The summed E-state index contributed by atoms with van der Waals surface area (Å²) in [6.07, 6.45) is 2.55. The number of nitrogens with zero attached hydrogens (tertiary/aromatic N) is 1. The summed E-state index contributed by atoms with van der Waals surface area (Å²) in [5.41, 5.74) is 1.89. The van der Waals surface area contributed by atoms with E-state index >= 15 is 0 Å². The van der Waals surface area contributed by atoms with Crippen LogP contribution in [0.1, 0.15) is 37.4 Å². The lowest BCUT2D eigenvalue weighted by molar-refractivity contribution is 0.0695. The quantitative estimate of drug-likeness (QED) is 0.810. The molecular weight excluding hydrogens is 334 g/mol.